The zero-order valence-electron chi connectivity index (χ0n) is 9.99. The van der Waals surface area contributed by atoms with Crippen molar-refractivity contribution in [2.45, 2.75) is 26.3 Å². The Balaban J connectivity index is 4.40. The van der Waals surface area contributed by atoms with Crippen LogP contribution in [0.3, 0.4) is 0 Å². The number of likely N-dealkylation sites (N-methyl/N-ethyl adjacent to an activating group) is 1. The number of nitrogens with zero attached hydrogens (tertiary/aromatic N) is 2. The Morgan fingerprint density at radius 3 is 2.20 bits per heavy atom. The van der Waals surface area contributed by atoms with Crippen LogP contribution in [-0.4, -0.2) is 54.8 Å². The van der Waals surface area contributed by atoms with Crippen LogP contribution in [0.25, 0.3) is 0 Å². The molecule has 0 heterocycles. The van der Waals surface area contributed by atoms with Gasteiger partial charge in [0, 0.05) is 20.6 Å². The minimum atomic E-state index is -0.550. The average molecular weight is 215 g/mol. The molecule has 0 radical (unpaired) electrons. The van der Waals surface area contributed by atoms with Gasteiger partial charge < -0.3 is 15.5 Å². The van der Waals surface area contributed by atoms with Gasteiger partial charge in [0.1, 0.15) is 0 Å². The van der Waals surface area contributed by atoms with Crippen LogP contribution in [0.5, 0.6) is 0 Å². The van der Waals surface area contributed by atoms with E-state index in [0.29, 0.717) is 6.54 Å². The van der Waals surface area contributed by atoms with E-state index >= 15 is 0 Å². The van der Waals surface area contributed by atoms with Gasteiger partial charge >= 0.3 is 0 Å². The molecule has 0 aliphatic heterocycles. The third kappa shape index (κ3) is 4.78. The second-order valence-corrected chi connectivity index (χ2v) is 3.84. The smallest absolute Gasteiger partial charge is 0.241 e. The van der Waals surface area contributed by atoms with Crippen molar-refractivity contribution in [2.75, 3.05) is 27.2 Å². The molecule has 0 aromatic rings. The molecule has 15 heavy (non-hydrogen) atoms. The molecular weight excluding hydrogens is 194 g/mol. The first-order valence-corrected chi connectivity index (χ1v) is 5.14. The van der Waals surface area contributed by atoms with Gasteiger partial charge in [0.25, 0.3) is 0 Å². The highest BCUT2D eigenvalue weighted by Crippen LogP contribution is 1.97. The minimum Gasteiger partial charge on any atom is -0.347 e. The van der Waals surface area contributed by atoms with E-state index < -0.39 is 6.04 Å². The maximum atomic E-state index is 11.6. The molecule has 88 valence electrons. The first-order valence-electron chi connectivity index (χ1n) is 5.14. The lowest BCUT2D eigenvalue weighted by molar-refractivity contribution is -0.139. The van der Waals surface area contributed by atoms with Crippen molar-refractivity contribution in [3.05, 3.63) is 0 Å². The van der Waals surface area contributed by atoms with E-state index in [1.165, 1.54) is 9.80 Å². The number of amides is 2. The fourth-order valence-corrected chi connectivity index (χ4v) is 1.13. The molecule has 0 bridgehead atoms. The van der Waals surface area contributed by atoms with E-state index in [0.717, 1.165) is 6.42 Å². The summed E-state index contributed by atoms with van der Waals surface area (Å²) < 4.78 is 0. The first kappa shape index (κ1) is 13.9. The number of carbonyl (C=O) groups is 2. The summed E-state index contributed by atoms with van der Waals surface area (Å²) in [5.41, 5.74) is 5.50. The molecular formula is C10H21N3O2. The zero-order chi connectivity index (χ0) is 12.0. The van der Waals surface area contributed by atoms with E-state index in [4.69, 9.17) is 5.73 Å². The molecule has 0 aromatic carbocycles. The van der Waals surface area contributed by atoms with Crippen molar-refractivity contribution < 1.29 is 9.59 Å². The van der Waals surface area contributed by atoms with Crippen molar-refractivity contribution in [1.82, 2.24) is 9.80 Å². The number of carbonyl (C=O) groups excluding carboxylic acids is 2. The zero-order valence-corrected chi connectivity index (χ0v) is 9.99. The molecule has 2 amide bonds. The summed E-state index contributed by atoms with van der Waals surface area (Å²) in [6.07, 6.45) is 0.819. The highest BCUT2D eigenvalue weighted by atomic mass is 16.2. The normalized spacial score (nSPS) is 12.1. The second kappa shape index (κ2) is 6.40. The molecule has 1 atom stereocenters. The molecule has 0 aliphatic carbocycles. The van der Waals surface area contributed by atoms with Crippen LogP contribution in [0.4, 0.5) is 0 Å². The van der Waals surface area contributed by atoms with Crippen molar-refractivity contribution in [3.63, 3.8) is 0 Å². The lowest BCUT2D eigenvalue weighted by Crippen LogP contribution is -2.46. The molecule has 0 fully saturated rings. The van der Waals surface area contributed by atoms with Crippen LogP contribution in [0.15, 0.2) is 0 Å². The average Bonchev–Trinajstić information content (AvgIpc) is 2.15. The van der Waals surface area contributed by atoms with E-state index in [-0.39, 0.29) is 18.4 Å². The number of rotatable bonds is 5. The van der Waals surface area contributed by atoms with E-state index in [2.05, 4.69) is 0 Å². The molecule has 2 N–H and O–H groups in total. The molecule has 0 saturated heterocycles. The molecule has 0 aromatic heterocycles. The second-order valence-electron chi connectivity index (χ2n) is 3.84. The molecule has 0 rings (SSSR count). The van der Waals surface area contributed by atoms with E-state index in [1.54, 1.807) is 21.0 Å². The minimum absolute atomic E-state index is 0.0857. The van der Waals surface area contributed by atoms with E-state index in [1.807, 2.05) is 6.92 Å². The summed E-state index contributed by atoms with van der Waals surface area (Å²) in [7, 11) is 3.34. The molecule has 5 heteroatoms. The van der Waals surface area contributed by atoms with Gasteiger partial charge in [-0.1, -0.05) is 6.92 Å². The molecule has 0 spiro atoms. The maximum absolute atomic E-state index is 11.6. The van der Waals surface area contributed by atoms with Gasteiger partial charge in [-0.05, 0) is 13.3 Å². The van der Waals surface area contributed by atoms with Crippen LogP contribution in [0, 0.1) is 0 Å². The summed E-state index contributed by atoms with van der Waals surface area (Å²) in [4.78, 5) is 26.0. The Kier molecular flexibility index (Phi) is 5.93. The summed E-state index contributed by atoms with van der Waals surface area (Å²) in [5.74, 6) is -0.260. The molecule has 0 aliphatic rings. The summed E-state index contributed by atoms with van der Waals surface area (Å²) in [6, 6.07) is -0.550. The predicted molar refractivity (Wildman–Crippen MR) is 59.2 cm³/mol. The Hall–Kier alpha value is -1.10. The van der Waals surface area contributed by atoms with Gasteiger partial charge in [-0.25, -0.2) is 0 Å². The van der Waals surface area contributed by atoms with Gasteiger partial charge in [0.15, 0.2) is 0 Å². The maximum Gasteiger partial charge on any atom is 0.241 e. The van der Waals surface area contributed by atoms with Crippen molar-refractivity contribution in [2.24, 2.45) is 5.73 Å². The Labute approximate surface area is 91.2 Å². The Morgan fingerprint density at radius 1 is 1.33 bits per heavy atom. The topological polar surface area (TPSA) is 66.6 Å². The van der Waals surface area contributed by atoms with Crippen LogP contribution < -0.4 is 5.73 Å². The monoisotopic (exact) mass is 215 g/mol. The standard InChI is InChI=1S/C10H21N3O2/c1-5-6-13(10(15)8(2)11)7-9(14)12(3)4/h8H,5-7,11H2,1-4H3. The molecule has 0 saturated carbocycles. The fraction of sp³-hybridized carbons (Fsp3) is 0.800. The molecule has 5 nitrogen and oxygen atoms in total. The molecule has 1 unspecified atom stereocenters. The summed E-state index contributed by atoms with van der Waals surface area (Å²) in [5, 5.41) is 0. The predicted octanol–water partition coefficient (Wildman–Crippen LogP) is -0.340. The SMILES string of the molecule is CCCN(CC(=O)N(C)C)C(=O)C(C)N. The highest BCUT2D eigenvalue weighted by molar-refractivity contribution is 5.87. The van der Waals surface area contributed by atoms with Crippen molar-refractivity contribution in [1.29, 1.82) is 0 Å². The van der Waals surface area contributed by atoms with Crippen LogP contribution in [-0.2, 0) is 9.59 Å². The third-order valence-electron chi connectivity index (χ3n) is 2.02. The van der Waals surface area contributed by atoms with Crippen molar-refractivity contribution >= 4 is 11.8 Å². The van der Waals surface area contributed by atoms with Gasteiger partial charge in [0.05, 0.1) is 12.6 Å². The number of nitrogens with two attached hydrogens (primary N) is 1. The van der Waals surface area contributed by atoms with Crippen LogP contribution in [0.1, 0.15) is 20.3 Å². The highest BCUT2D eigenvalue weighted by Gasteiger charge is 2.19. The fourth-order valence-electron chi connectivity index (χ4n) is 1.13. The Morgan fingerprint density at radius 2 is 1.87 bits per heavy atom. The van der Waals surface area contributed by atoms with Crippen LogP contribution in [0.2, 0.25) is 0 Å². The van der Waals surface area contributed by atoms with Gasteiger partial charge in [0.2, 0.25) is 11.8 Å². The van der Waals surface area contributed by atoms with E-state index in [9.17, 15) is 9.59 Å². The van der Waals surface area contributed by atoms with Crippen molar-refractivity contribution in [3.8, 4) is 0 Å². The van der Waals surface area contributed by atoms with Gasteiger partial charge in [-0.3, -0.25) is 9.59 Å². The number of hydrogen-bond donors (Lipinski definition) is 1. The quantitative estimate of drug-likeness (QED) is 0.682. The lowest BCUT2D eigenvalue weighted by Gasteiger charge is -2.24. The lowest BCUT2D eigenvalue weighted by atomic mass is 10.2. The van der Waals surface area contributed by atoms with Gasteiger partial charge in [-0.2, -0.15) is 0 Å². The first-order chi connectivity index (χ1) is 6.90. The Bertz CT molecular complexity index is 227. The largest absolute Gasteiger partial charge is 0.347 e. The summed E-state index contributed by atoms with van der Waals surface area (Å²) >= 11 is 0. The number of hydrogen-bond acceptors (Lipinski definition) is 3. The third-order valence-corrected chi connectivity index (χ3v) is 2.02. The van der Waals surface area contributed by atoms with Gasteiger partial charge in [-0.15, -0.1) is 0 Å². The summed E-state index contributed by atoms with van der Waals surface area (Å²) in [6.45, 7) is 4.27. The van der Waals surface area contributed by atoms with Crippen LogP contribution >= 0.6 is 0 Å².